The van der Waals surface area contributed by atoms with Crippen molar-refractivity contribution in [2.75, 3.05) is 26.2 Å². The van der Waals surface area contributed by atoms with E-state index in [1.807, 2.05) is 25.7 Å². The van der Waals surface area contributed by atoms with Crippen LogP contribution in [0.5, 0.6) is 0 Å². The summed E-state index contributed by atoms with van der Waals surface area (Å²) in [6.45, 7) is 9.77. The Labute approximate surface area is 141 Å². The molecule has 0 aliphatic carbocycles. The smallest absolute Gasteiger partial charge is 0.255 e. The van der Waals surface area contributed by atoms with Gasteiger partial charge in [-0.1, -0.05) is 25.9 Å². The highest BCUT2D eigenvalue weighted by molar-refractivity contribution is 5.93. The molecule has 0 N–H and O–H groups in total. The molecule has 1 amide bonds. The standard InChI is InChI=1S/C17H23N5O2/c1-17(2,3)16-19-14(20-24-16)12-21-7-9-22(10-8-21)15(23)13-5-4-6-18-11-13/h4-6,11H,7-10,12H2,1-3H3. The molecule has 7 heteroatoms. The van der Waals surface area contributed by atoms with Gasteiger partial charge in [-0.05, 0) is 12.1 Å². The zero-order chi connectivity index (χ0) is 17.2. The van der Waals surface area contributed by atoms with E-state index in [1.54, 1.807) is 24.5 Å². The lowest BCUT2D eigenvalue weighted by molar-refractivity contribution is 0.0624. The molecule has 0 bridgehead atoms. The van der Waals surface area contributed by atoms with Crippen molar-refractivity contribution in [3.63, 3.8) is 0 Å². The number of hydrogen-bond acceptors (Lipinski definition) is 6. The van der Waals surface area contributed by atoms with E-state index >= 15 is 0 Å². The van der Waals surface area contributed by atoms with Crippen LogP contribution in [0.4, 0.5) is 0 Å². The lowest BCUT2D eigenvalue weighted by Gasteiger charge is -2.34. The monoisotopic (exact) mass is 329 g/mol. The summed E-state index contributed by atoms with van der Waals surface area (Å²) < 4.78 is 5.33. The third-order valence-corrected chi connectivity index (χ3v) is 4.04. The van der Waals surface area contributed by atoms with E-state index in [0.29, 0.717) is 36.9 Å². The summed E-state index contributed by atoms with van der Waals surface area (Å²) in [5.74, 6) is 1.40. The topological polar surface area (TPSA) is 75.4 Å². The van der Waals surface area contributed by atoms with Gasteiger partial charge in [0.2, 0.25) is 5.89 Å². The van der Waals surface area contributed by atoms with Gasteiger partial charge in [0, 0.05) is 44.0 Å². The second kappa shape index (κ2) is 6.68. The number of carbonyl (C=O) groups is 1. The molecule has 2 aromatic heterocycles. The third kappa shape index (κ3) is 3.79. The zero-order valence-corrected chi connectivity index (χ0v) is 14.4. The third-order valence-electron chi connectivity index (χ3n) is 4.04. The molecular formula is C17H23N5O2. The van der Waals surface area contributed by atoms with Crippen LogP contribution >= 0.6 is 0 Å². The number of aromatic nitrogens is 3. The molecule has 1 aliphatic heterocycles. The van der Waals surface area contributed by atoms with Gasteiger partial charge in [-0.15, -0.1) is 0 Å². The summed E-state index contributed by atoms with van der Waals surface area (Å²) in [7, 11) is 0. The lowest BCUT2D eigenvalue weighted by atomic mass is 9.97. The normalized spacial score (nSPS) is 16.4. The van der Waals surface area contributed by atoms with Crippen LogP contribution in [0.2, 0.25) is 0 Å². The van der Waals surface area contributed by atoms with E-state index in [0.717, 1.165) is 13.1 Å². The van der Waals surface area contributed by atoms with Gasteiger partial charge in [-0.3, -0.25) is 14.7 Å². The number of piperazine rings is 1. The first-order chi connectivity index (χ1) is 11.4. The molecule has 0 radical (unpaired) electrons. The maximum atomic E-state index is 12.4. The fourth-order valence-corrected chi connectivity index (χ4v) is 2.60. The van der Waals surface area contributed by atoms with Crippen molar-refractivity contribution in [3.05, 3.63) is 41.8 Å². The highest BCUT2D eigenvalue weighted by Gasteiger charge is 2.25. The minimum Gasteiger partial charge on any atom is -0.339 e. The van der Waals surface area contributed by atoms with Gasteiger partial charge in [0.15, 0.2) is 5.82 Å². The molecule has 3 rings (SSSR count). The van der Waals surface area contributed by atoms with Crippen LogP contribution in [0.3, 0.4) is 0 Å². The summed E-state index contributed by atoms with van der Waals surface area (Å²) in [4.78, 5) is 25.0. The van der Waals surface area contributed by atoms with Crippen molar-refractivity contribution in [3.8, 4) is 0 Å². The zero-order valence-electron chi connectivity index (χ0n) is 14.4. The van der Waals surface area contributed by atoms with Crippen LogP contribution in [0.15, 0.2) is 29.0 Å². The average Bonchev–Trinajstić information content (AvgIpc) is 3.05. The number of amides is 1. The molecule has 7 nitrogen and oxygen atoms in total. The second-order valence-electron chi connectivity index (χ2n) is 7.08. The maximum Gasteiger partial charge on any atom is 0.255 e. The second-order valence-corrected chi connectivity index (χ2v) is 7.08. The number of rotatable bonds is 3. The maximum absolute atomic E-state index is 12.4. The summed E-state index contributed by atoms with van der Waals surface area (Å²) in [6.07, 6.45) is 3.29. The Hall–Kier alpha value is -2.28. The molecule has 24 heavy (non-hydrogen) atoms. The molecule has 0 spiro atoms. The predicted octanol–water partition coefficient (Wildman–Crippen LogP) is 1.72. The quantitative estimate of drug-likeness (QED) is 0.853. The van der Waals surface area contributed by atoms with Crippen molar-refractivity contribution in [1.29, 1.82) is 0 Å². The SMILES string of the molecule is CC(C)(C)c1nc(CN2CCN(C(=O)c3cccnc3)CC2)no1. The van der Waals surface area contributed by atoms with Crippen molar-refractivity contribution < 1.29 is 9.32 Å². The summed E-state index contributed by atoms with van der Waals surface area (Å²) in [6, 6.07) is 3.58. The Bertz CT molecular complexity index is 685. The largest absolute Gasteiger partial charge is 0.339 e. The molecule has 128 valence electrons. The average molecular weight is 329 g/mol. The summed E-state index contributed by atoms with van der Waals surface area (Å²) in [5, 5.41) is 4.06. The molecule has 2 aromatic rings. The van der Waals surface area contributed by atoms with Gasteiger partial charge in [-0.25, -0.2) is 0 Å². The van der Waals surface area contributed by atoms with Crippen LogP contribution in [0.1, 0.15) is 42.8 Å². The predicted molar refractivity (Wildman–Crippen MR) is 88.4 cm³/mol. The Morgan fingerprint density at radius 3 is 2.58 bits per heavy atom. The fourth-order valence-electron chi connectivity index (χ4n) is 2.60. The van der Waals surface area contributed by atoms with Gasteiger partial charge < -0.3 is 9.42 Å². The van der Waals surface area contributed by atoms with E-state index in [4.69, 9.17) is 4.52 Å². The summed E-state index contributed by atoms with van der Waals surface area (Å²) in [5.41, 5.74) is 0.499. The number of nitrogens with zero attached hydrogens (tertiary/aromatic N) is 5. The highest BCUT2D eigenvalue weighted by atomic mass is 16.5. The van der Waals surface area contributed by atoms with Gasteiger partial charge in [0.1, 0.15) is 0 Å². The van der Waals surface area contributed by atoms with Gasteiger partial charge in [0.05, 0.1) is 12.1 Å². The van der Waals surface area contributed by atoms with E-state index < -0.39 is 0 Å². The number of carbonyl (C=O) groups excluding carboxylic acids is 1. The van der Waals surface area contributed by atoms with Crippen LogP contribution in [-0.4, -0.2) is 57.0 Å². The first kappa shape index (κ1) is 16.6. The fraction of sp³-hybridized carbons (Fsp3) is 0.529. The Kier molecular flexibility index (Phi) is 4.62. The van der Waals surface area contributed by atoms with Crippen molar-refractivity contribution in [2.24, 2.45) is 0 Å². The highest BCUT2D eigenvalue weighted by Crippen LogP contribution is 2.20. The van der Waals surface area contributed by atoms with E-state index in [2.05, 4.69) is 20.0 Å². The summed E-state index contributed by atoms with van der Waals surface area (Å²) >= 11 is 0. The van der Waals surface area contributed by atoms with Crippen LogP contribution < -0.4 is 0 Å². The van der Waals surface area contributed by atoms with Crippen LogP contribution in [0.25, 0.3) is 0 Å². The Morgan fingerprint density at radius 1 is 1.25 bits per heavy atom. The van der Waals surface area contributed by atoms with E-state index in [-0.39, 0.29) is 11.3 Å². The molecule has 0 atom stereocenters. The van der Waals surface area contributed by atoms with E-state index in [9.17, 15) is 4.79 Å². The molecular weight excluding hydrogens is 306 g/mol. The van der Waals surface area contributed by atoms with Crippen molar-refractivity contribution in [2.45, 2.75) is 32.7 Å². The Balaban J connectivity index is 1.54. The number of hydrogen-bond donors (Lipinski definition) is 0. The van der Waals surface area contributed by atoms with Crippen molar-refractivity contribution >= 4 is 5.91 Å². The van der Waals surface area contributed by atoms with Crippen LogP contribution in [-0.2, 0) is 12.0 Å². The van der Waals surface area contributed by atoms with Gasteiger partial charge in [0.25, 0.3) is 5.91 Å². The first-order valence-corrected chi connectivity index (χ1v) is 8.18. The molecule has 1 fully saturated rings. The first-order valence-electron chi connectivity index (χ1n) is 8.18. The molecule has 0 unspecified atom stereocenters. The van der Waals surface area contributed by atoms with Gasteiger partial charge >= 0.3 is 0 Å². The van der Waals surface area contributed by atoms with Crippen molar-refractivity contribution in [1.82, 2.24) is 24.9 Å². The molecule has 0 aromatic carbocycles. The number of pyridine rings is 1. The van der Waals surface area contributed by atoms with E-state index in [1.165, 1.54) is 0 Å². The molecule has 1 saturated heterocycles. The lowest BCUT2D eigenvalue weighted by Crippen LogP contribution is -2.48. The Morgan fingerprint density at radius 2 is 2.00 bits per heavy atom. The van der Waals surface area contributed by atoms with Crippen LogP contribution in [0, 0.1) is 0 Å². The molecule has 0 saturated carbocycles. The molecule has 1 aliphatic rings. The van der Waals surface area contributed by atoms with Gasteiger partial charge in [-0.2, -0.15) is 4.98 Å². The molecule has 3 heterocycles. The minimum atomic E-state index is -0.139. The minimum absolute atomic E-state index is 0.0392.